The van der Waals surface area contributed by atoms with E-state index in [1.54, 1.807) is 12.3 Å². The third-order valence-corrected chi connectivity index (χ3v) is 3.42. The molecule has 0 fully saturated rings. The number of benzene rings is 1. The summed E-state index contributed by atoms with van der Waals surface area (Å²) in [5, 5.41) is 6.06. The van der Waals surface area contributed by atoms with E-state index < -0.39 is 0 Å². The van der Waals surface area contributed by atoms with E-state index in [-0.39, 0.29) is 5.91 Å². The number of nitrogens with zero attached hydrogens (tertiary/aromatic N) is 2. The standard InChI is InChI=1S/C17H22N4O/c1-4-5-10-18-16(22)14-9-11-19-17(20-14)21-15-12(2)7-6-8-13(15)3/h6-9,11H,4-5,10H2,1-3H3,(H,18,22)(H,19,20,21). The Bertz CT molecular complexity index is 635. The molecule has 2 N–H and O–H groups in total. The van der Waals surface area contributed by atoms with Crippen LogP contribution >= 0.6 is 0 Å². The van der Waals surface area contributed by atoms with Crippen molar-refractivity contribution in [2.45, 2.75) is 33.6 Å². The van der Waals surface area contributed by atoms with E-state index in [0.717, 1.165) is 29.7 Å². The van der Waals surface area contributed by atoms with Gasteiger partial charge in [0.1, 0.15) is 5.69 Å². The Balaban J connectivity index is 2.13. The van der Waals surface area contributed by atoms with Gasteiger partial charge in [0.25, 0.3) is 5.91 Å². The minimum absolute atomic E-state index is 0.166. The molecule has 0 aliphatic heterocycles. The second-order valence-electron chi connectivity index (χ2n) is 5.27. The molecule has 116 valence electrons. The van der Waals surface area contributed by atoms with E-state index >= 15 is 0 Å². The molecule has 22 heavy (non-hydrogen) atoms. The van der Waals surface area contributed by atoms with Crippen LogP contribution in [0.25, 0.3) is 0 Å². The molecule has 0 saturated heterocycles. The molecular formula is C17H22N4O. The lowest BCUT2D eigenvalue weighted by Gasteiger charge is -2.11. The molecule has 0 radical (unpaired) electrons. The van der Waals surface area contributed by atoms with E-state index in [9.17, 15) is 4.79 Å². The van der Waals surface area contributed by atoms with Crippen molar-refractivity contribution < 1.29 is 4.79 Å². The van der Waals surface area contributed by atoms with Crippen LogP contribution in [0.3, 0.4) is 0 Å². The highest BCUT2D eigenvalue weighted by atomic mass is 16.1. The number of rotatable bonds is 6. The summed E-state index contributed by atoms with van der Waals surface area (Å²) in [4.78, 5) is 20.5. The molecule has 5 heteroatoms. The van der Waals surface area contributed by atoms with Crippen molar-refractivity contribution in [2.75, 3.05) is 11.9 Å². The topological polar surface area (TPSA) is 66.9 Å². The molecule has 0 unspecified atom stereocenters. The number of nitrogens with one attached hydrogen (secondary N) is 2. The van der Waals surface area contributed by atoms with Crippen molar-refractivity contribution in [2.24, 2.45) is 0 Å². The second-order valence-corrected chi connectivity index (χ2v) is 5.27. The molecule has 1 amide bonds. The summed E-state index contributed by atoms with van der Waals surface area (Å²) < 4.78 is 0. The van der Waals surface area contributed by atoms with Crippen LogP contribution in [0.15, 0.2) is 30.5 Å². The summed E-state index contributed by atoms with van der Waals surface area (Å²) in [5.41, 5.74) is 3.58. The number of unbranched alkanes of at least 4 members (excludes halogenated alkanes) is 1. The van der Waals surface area contributed by atoms with Crippen LogP contribution in [0.5, 0.6) is 0 Å². The van der Waals surface area contributed by atoms with Gasteiger partial charge in [-0.2, -0.15) is 0 Å². The predicted molar refractivity (Wildman–Crippen MR) is 88.5 cm³/mol. The Morgan fingerprint density at radius 2 is 1.91 bits per heavy atom. The summed E-state index contributed by atoms with van der Waals surface area (Å²) in [5.74, 6) is 0.265. The SMILES string of the molecule is CCCCNC(=O)c1ccnc(Nc2c(C)cccc2C)n1. The average Bonchev–Trinajstić information content (AvgIpc) is 2.51. The first-order chi connectivity index (χ1) is 10.6. The number of para-hydroxylation sites is 1. The number of carbonyl (C=O) groups excluding carboxylic acids is 1. The number of anilines is 2. The molecule has 0 bridgehead atoms. The molecule has 1 aromatic carbocycles. The Hall–Kier alpha value is -2.43. The summed E-state index contributed by atoms with van der Waals surface area (Å²) in [7, 11) is 0. The smallest absolute Gasteiger partial charge is 0.270 e. The largest absolute Gasteiger partial charge is 0.351 e. The number of carbonyl (C=O) groups is 1. The molecule has 0 aliphatic carbocycles. The first-order valence-electron chi connectivity index (χ1n) is 7.56. The van der Waals surface area contributed by atoms with Crippen molar-refractivity contribution in [3.63, 3.8) is 0 Å². The van der Waals surface area contributed by atoms with Gasteiger partial charge in [-0.1, -0.05) is 31.5 Å². The van der Waals surface area contributed by atoms with Gasteiger partial charge in [0.05, 0.1) is 0 Å². The Morgan fingerprint density at radius 3 is 2.59 bits per heavy atom. The zero-order chi connectivity index (χ0) is 15.9. The lowest BCUT2D eigenvalue weighted by molar-refractivity contribution is 0.0948. The molecule has 0 spiro atoms. The van der Waals surface area contributed by atoms with E-state index in [1.807, 2.05) is 32.0 Å². The van der Waals surface area contributed by atoms with Crippen LogP contribution in [0.1, 0.15) is 41.4 Å². The number of amides is 1. The molecule has 1 aromatic heterocycles. The van der Waals surface area contributed by atoms with Crippen LogP contribution < -0.4 is 10.6 Å². The Kier molecular flexibility index (Phi) is 5.47. The van der Waals surface area contributed by atoms with Gasteiger partial charge in [0.2, 0.25) is 5.95 Å². The molecular weight excluding hydrogens is 276 g/mol. The fraction of sp³-hybridized carbons (Fsp3) is 0.353. The summed E-state index contributed by atoms with van der Waals surface area (Å²) in [6.07, 6.45) is 3.60. The van der Waals surface area contributed by atoms with Crippen molar-refractivity contribution in [1.82, 2.24) is 15.3 Å². The van der Waals surface area contributed by atoms with Gasteiger partial charge < -0.3 is 10.6 Å². The van der Waals surface area contributed by atoms with E-state index in [2.05, 4.69) is 27.5 Å². The fourth-order valence-electron chi connectivity index (χ4n) is 2.14. The van der Waals surface area contributed by atoms with Crippen LogP contribution in [0.4, 0.5) is 11.6 Å². The van der Waals surface area contributed by atoms with Gasteiger partial charge in [-0.3, -0.25) is 4.79 Å². The van der Waals surface area contributed by atoms with Gasteiger partial charge in [-0.05, 0) is 37.5 Å². The normalized spacial score (nSPS) is 10.3. The van der Waals surface area contributed by atoms with Crippen LogP contribution in [-0.4, -0.2) is 22.4 Å². The maximum absolute atomic E-state index is 12.0. The lowest BCUT2D eigenvalue weighted by Crippen LogP contribution is -2.25. The van der Waals surface area contributed by atoms with E-state index in [4.69, 9.17) is 0 Å². The maximum atomic E-state index is 12.0. The second kappa shape index (κ2) is 7.54. The number of aryl methyl sites for hydroxylation is 2. The van der Waals surface area contributed by atoms with Crippen molar-refractivity contribution >= 4 is 17.5 Å². The number of hydrogen-bond donors (Lipinski definition) is 2. The zero-order valence-electron chi connectivity index (χ0n) is 13.3. The van der Waals surface area contributed by atoms with Gasteiger partial charge in [0, 0.05) is 18.4 Å². The first kappa shape index (κ1) is 15.9. The third-order valence-electron chi connectivity index (χ3n) is 3.42. The third kappa shape index (κ3) is 4.04. The molecule has 0 aliphatic rings. The zero-order valence-corrected chi connectivity index (χ0v) is 13.3. The molecule has 5 nitrogen and oxygen atoms in total. The molecule has 2 aromatic rings. The predicted octanol–water partition coefficient (Wildman–Crippen LogP) is 3.37. The summed E-state index contributed by atoms with van der Waals surface area (Å²) >= 11 is 0. The minimum Gasteiger partial charge on any atom is -0.351 e. The molecule has 0 atom stereocenters. The van der Waals surface area contributed by atoms with E-state index in [0.29, 0.717) is 18.2 Å². The van der Waals surface area contributed by atoms with Crippen molar-refractivity contribution in [3.8, 4) is 0 Å². The molecule has 0 saturated carbocycles. The summed E-state index contributed by atoms with van der Waals surface area (Å²) in [6, 6.07) is 7.68. The number of hydrogen-bond acceptors (Lipinski definition) is 4. The van der Waals surface area contributed by atoms with Gasteiger partial charge >= 0.3 is 0 Å². The first-order valence-corrected chi connectivity index (χ1v) is 7.56. The highest BCUT2D eigenvalue weighted by molar-refractivity contribution is 5.92. The van der Waals surface area contributed by atoms with Gasteiger partial charge in [0.15, 0.2) is 0 Å². The van der Waals surface area contributed by atoms with Crippen LogP contribution in [-0.2, 0) is 0 Å². The van der Waals surface area contributed by atoms with Crippen LogP contribution in [0.2, 0.25) is 0 Å². The van der Waals surface area contributed by atoms with Crippen molar-refractivity contribution in [3.05, 3.63) is 47.3 Å². The Morgan fingerprint density at radius 1 is 1.18 bits per heavy atom. The number of aromatic nitrogens is 2. The highest BCUT2D eigenvalue weighted by Crippen LogP contribution is 2.22. The maximum Gasteiger partial charge on any atom is 0.270 e. The summed E-state index contributed by atoms with van der Waals surface area (Å²) in [6.45, 7) is 6.80. The highest BCUT2D eigenvalue weighted by Gasteiger charge is 2.09. The van der Waals surface area contributed by atoms with E-state index in [1.165, 1.54) is 0 Å². The minimum atomic E-state index is -0.166. The van der Waals surface area contributed by atoms with Crippen LogP contribution in [0, 0.1) is 13.8 Å². The lowest BCUT2D eigenvalue weighted by atomic mass is 10.1. The monoisotopic (exact) mass is 298 g/mol. The quantitative estimate of drug-likeness (QED) is 0.802. The average molecular weight is 298 g/mol. The Labute approximate surface area is 131 Å². The fourth-order valence-corrected chi connectivity index (χ4v) is 2.14. The molecule has 1 heterocycles. The van der Waals surface area contributed by atoms with Crippen molar-refractivity contribution in [1.29, 1.82) is 0 Å². The molecule has 2 rings (SSSR count). The van der Waals surface area contributed by atoms with Gasteiger partial charge in [-0.15, -0.1) is 0 Å². The van der Waals surface area contributed by atoms with Gasteiger partial charge in [-0.25, -0.2) is 9.97 Å².